The van der Waals surface area contributed by atoms with Crippen molar-refractivity contribution in [1.82, 2.24) is 0 Å². The fraction of sp³-hybridized carbons (Fsp3) is 0.500. The average molecular weight is 394 g/mol. The molecule has 0 radical (unpaired) electrons. The summed E-state index contributed by atoms with van der Waals surface area (Å²) in [6.07, 6.45) is 2.05. The van der Waals surface area contributed by atoms with Crippen molar-refractivity contribution < 1.29 is 23.7 Å². The molecule has 29 heavy (non-hydrogen) atoms. The average Bonchev–Trinajstić information content (AvgIpc) is 3.58. The first-order valence-electron chi connectivity index (χ1n) is 10.6. The number of ether oxygens (including phenoxy) is 5. The van der Waals surface area contributed by atoms with Gasteiger partial charge >= 0.3 is 0 Å². The van der Waals surface area contributed by atoms with Crippen LogP contribution in [0.2, 0.25) is 0 Å². The lowest BCUT2D eigenvalue weighted by atomic mass is 9.80. The maximum absolute atomic E-state index is 7.34. The van der Waals surface area contributed by atoms with Gasteiger partial charge in [0, 0.05) is 12.8 Å². The lowest BCUT2D eigenvalue weighted by Crippen LogP contribution is -2.49. The summed E-state index contributed by atoms with van der Waals surface area (Å²) in [6.45, 7) is 2.99. The van der Waals surface area contributed by atoms with E-state index in [4.69, 9.17) is 23.7 Å². The Morgan fingerprint density at radius 1 is 0.621 bits per heavy atom. The normalized spacial score (nSPS) is 33.4. The van der Waals surface area contributed by atoms with Gasteiger partial charge in [-0.1, -0.05) is 60.7 Å². The molecule has 0 saturated carbocycles. The third kappa shape index (κ3) is 3.51. The van der Waals surface area contributed by atoms with E-state index in [1.807, 2.05) is 12.1 Å². The molecule has 0 amide bonds. The Labute approximate surface area is 170 Å². The van der Waals surface area contributed by atoms with E-state index in [1.54, 1.807) is 0 Å². The molecule has 4 aliphatic heterocycles. The zero-order valence-corrected chi connectivity index (χ0v) is 16.4. The van der Waals surface area contributed by atoms with Gasteiger partial charge < -0.3 is 23.7 Å². The summed E-state index contributed by atoms with van der Waals surface area (Å²) in [7, 11) is 0. The van der Waals surface area contributed by atoms with Crippen molar-refractivity contribution >= 4 is 0 Å². The van der Waals surface area contributed by atoms with Gasteiger partial charge in [-0.2, -0.15) is 0 Å². The minimum atomic E-state index is -0.570. The summed E-state index contributed by atoms with van der Waals surface area (Å²) in [5, 5.41) is 0. The minimum absolute atomic E-state index is 0.0241. The van der Waals surface area contributed by atoms with E-state index in [0.717, 1.165) is 37.2 Å². The number of rotatable bonds is 10. The van der Waals surface area contributed by atoms with E-state index >= 15 is 0 Å². The molecule has 4 heterocycles. The molecule has 6 rings (SSSR count). The SMILES string of the molecule is c1ccc(C(CC2CO2)(OC(CC2CO2)(c2ccccc2)C2CO2)C2CO2)cc1. The van der Waals surface area contributed by atoms with Crippen molar-refractivity contribution in [3.05, 3.63) is 71.8 Å². The number of hydrogen-bond donors (Lipinski definition) is 0. The molecular weight excluding hydrogens is 368 g/mol. The van der Waals surface area contributed by atoms with Gasteiger partial charge in [0.25, 0.3) is 0 Å². The zero-order valence-electron chi connectivity index (χ0n) is 16.4. The summed E-state index contributed by atoms with van der Waals surface area (Å²) in [6, 6.07) is 21.0. The molecule has 2 aromatic carbocycles. The summed E-state index contributed by atoms with van der Waals surface area (Å²) in [5.41, 5.74) is 1.16. The molecule has 5 nitrogen and oxygen atoms in total. The van der Waals surface area contributed by atoms with Crippen LogP contribution in [0.1, 0.15) is 24.0 Å². The van der Waals surface area contributed by atoms with Gasteiger partial charge in [0.05, 0.1) is 38.6 Å². The molecule has 6 atom stereocenters. The predicted molar refractivity (Wildman–Crippen MR) is 106 cm³/mol. The van der Waals surface area contributed by atoms with Gasteiger partial charge in [0.2, 0.25) is 0 Å². The van der Waals surface area contributed by atoms with Gasteiger partial charge in [-0.25, -0.2) is 0 Å². The summed E-state index contributed by atoms with van der Waals surface area (Å²) >= 11 is 0. The van der Waals surface area contributed by atoms with Crippen molar-refractivity contribution in [3.63, 3.8) is 0 Å². The molecule has 0 spiro atoms. The lowest BCUT2D eigenvalue weighted by Gasteiger charge is -2.44. The van der Waals surface area contributed by atoms with E-state index in [2.05, 4.69) is 48.5 Å². The van der Waals surface area contributed by atoms with Crippen molar-refractivity contribution in [2.24, 2.45) is 0 Å². The maximum atomic E-state index is 7.34. The summed E-state index contributed by atoms with van der Waals surface area (Å²) in [4.78, 5) is 0. The topological polar surface area (TPSA) is 59.4 Å². The predicted octanol–water partition coefficient (Wildman–Crippen LogP) is 3.17. The van der Waals surface area contributed by atoms with Crippen molar-refractivity contribution in [2.75, 3.05) is 26.4 Å². The van der Waals surface area contributed by atoms with Crippen LogP contribution in [0, 0.1) is 0 Å². The highest BCUT2D eigenvalue weighted by Crippen LogP contribution is 2.53. The van der Waals surface area contributed by atoms with Crippen LogP contribution in [0.15, 0.2) is 60.7 Å². The van der Waals surface area contributed by atoms with Crippen LogP contribution in [0.25, 0.3) is 0 Å². The molecule has 0 aliphatic carbocycles. The van der Waals surface area contributed by atoms with Crippen LogP contribution in [0.3, 0.4) is 0 Å². The van der Waals surface area contributed by atoms with Gasteiger partial charge in [-0.05, 0) is 11.1 Å². The van der Waals surface area contributed by atoms with E-state index in [1.165, 1.54) is 0 Å². The second-order valence-electron chi connectivity index (χ2n) is 8.58. The zero-order chi connectivity index (χ0) is 19.3. The Hall–Kier alpha value is -1.76. The first kappa shape index (κ1) is 18.0. The molecule has 0 bridgehead atoms. The second-order valence-corrected chi connectivity index (χ2v) is 8.58. The van der Waals surface area contributed by atoms with E-state index < -0.39 is 11.2 Å². The molecule has 2 aromatic rings. The fourth-order valence-electron chi connectivity index (χ4n) is 4.65. The highest BCUT2D eigenvalue weighted by molar-refractivity contribution is 5.31. The quantitative estimate of drug-likeness (QED) is 0.580. The lowest BCUT2D eigenvalue weighted by molar-refractivity contribution is -0.199. The monoisotopic (exact) mass is 394 g/mol. The summed E-state index contributed by atoms with van der Waals surface area (Å²) < 4.78 is 30.5. The van der Waals surface area contributed by atoms with E-state index in [0.29, 0.717) is 13.2 Å². The third-order valence-electron chi connectivity index (χ3n) is 6.46. The van der Waals surface area contributed by atoms with E-state index in [9.17, 15) is 0 Å². The Morgan fingerprint density at radius 3 is 1.31 bits per heavy atom. The van der Waals surface area contributed by atoms with Gasteiger partial charge in [0.1, 0.15) is 23.4 Å². The van der Waals surface area contributed by atoms with Crippen LogP contribution >= 0.6 is 0 Å². The first-order valence-corrected chi connectivity index (χ1v) is 10.6. The van der Waals surface area contributed by atoms with Crippen LogP contribution in [-0.4, -0.2) is 50.8 Å². The van der Waals surface area contributed by atoms with Crippen molar-refractivity contribution in [1.29, 1.82) is 0 Å². The van der Waals surface area contributed by atoms with Gasteiger partial charge in [-0.3, -0.25) is 0 Å². The Bertz CT molecular complexity index is 771. The Morgan fingerprint density at radius 2 is 1.00 bits per heavy atom. The summed E-state index contributed by atoms with van der Waals surface area (Å²) in [5.74, 6) is 0. The molecule has 5 heteroatoms. The first-order chi connectivity index (χ1) is 14.3. The number of benzene rings is 2. The van der Waals surface area contributed by atoms with Crippen LogP contribution in [-0.2, 0) is 34.9 Å². The molecule has 0 N–H and O–H groups in total. The van der Waals surface area contributed by atoms with Crippen molar-refractivity contribution in [3.8, 4) is 0 Å². The minimum Gasteiger partial charge on any atom is -0.373 e. The molecule has 152 valence electrons. The molecule has 6 unspecified atom stereocenters. The molecular formula is C24H26O5. The largest absolute Gasteiger partial charge is 0.373 e. The van der Waals surface area contributed by atoms with Gasteiger partial charge in [-0.15, -0.1) is 0 Å². The van der Waals surface area contributed by atoms with E-state index in [-0.39, 0.29) is 24.4 Å². The molecule has 4 saturated heterocycles. The molecule has 4 aliphatic rings. The van der Waals surface area contributed by atoms with Crippen LogP contribution in [0.5, 0.6) is 0 Å². The van der Waals surface area contributed by atoms with Crippen LogP contribution < -0.4 is 0 Å². The van der Waals surface area contributed by atoms with Crippen LogP contribution in [0.4, 0.5) is 0 Å². The number of hydrogen-bond acceptors (Lipinski definition) is 5. The molecule has 4 fully saturated rings. The smallest absolute Gasteiger partial charge is 0.125 e. The fourth-order valence-corrected chi connectivity index (χ4v) is 4.65. The highest BCUT2D eigenvalue weighted by Gasteiger charge is 2.61. The Kier molecular flexibility index (Phi) is 4.29. The highest BCUT2D eigenvalue weighted by atomic mass is 16.7. The Balaban J connectivity index is 1.46. The van der Waals surface area contributed by atoms with Crippen molar-refractivity contribution in [2.45, 2.75) is 48.5 Å². The maximum Gasteiger partial charge on any atom is 0.125 e. The molecule has 0 aromatic heterocycles. The second kappa shape index (κ2) is 6.89. The van der Waals surface area contributed by atoms with Gasteiger partial charge in [0.15, 0.2) is 0 Å². The third-order valence-corrected chi connectivity index (χ3v) is 6.46. The standard InChI is InChI=1S/C24H26O5/c1-3-7-17(8-4-1)23(21-15-27-21,11-19-13-25-19)29-24(22-16-28-22,12-20-14-26-20)18-9-5-2-6-10-18/h1-10,19-22H,11-16H2. The number of epoxide rings is 4.